The molecule has 4 nitrogen and oxygen atoms in total. The molecule has 0 aromatic heterocycles. The Morgan fingerprint density at radius 2 is 1.75 bits per heavy atom. The van der Waals surface area contributed by atoms with E-state index in [0.29, 0.717) is 11.8 Å². The van der Waals surface area contributed by atoms with Crippen LogP contribution in [0.15, 0.2) is 36.4 Å². The van der Waals surface area contributed by atoms with Crippen LogP contribution >= 0.6 is 0 Å². The van der Waals surface area contributed by atoms with Crippen molar-refractivity contribution in [3.63, 3.8) is 0 Å². The third-order valence-corrected chi connectivity index (χ3v) is 4.94. The van der Waals surface area contributed by atoms with Crippen molar-refractivity contribution in [3.8, 4) is 17.2 Å². The van der Waals surface area contributed by atoms with E-state index >= 15 is 0 Å². The molecule has 3 rings (SSSR count). The number of methoxy groups -OCH3 is 2. The van der Waals surface area contributed by atoms with Crippen LogP contribution in [0.1, 0.15) is 29.7 Å². The minimum atomic E-state index is 0.320. The van der Waals surface area contributed by atoms with Crippen LogP contribution in [0.2, 0.25) is 0 Å². The summed E-state index contributed by atoms with van der Waals surface area (Å²) in [7, 11) is 3.36. The van der Waals surface area contributed by atoms with E-state index in [1.54, 1.807) is 26.4 Å². The maximum Gasteiger partial charge on any atom is 0.161 e. The molecule has 2 aromatic carbocycles. The zero-order valence-electron chi connectivity index (χ0n) is 14.6. The molecule has 0 fully saturated rings. The molecule has 24 heavy (non-hydrogen) atoms. The first kappa shape index (κ1) is 16.7. The highest BCUT2D eigenvalue weighted by atomic mass is 16.5. The van der Waals surface area contributed by atoms with Gasteiger partial charge in [0.2, 0.25) is 0 Å². The second-order valence-corrected chi connectivity index (χ2v) is 6.28. The van der Waals surface area contributed by atoms with Crippen molar-refractivity contribution in [2.75, 3.05) is 27.3 Å². The molecule has 1 atom stereocenters. The fourth-order valence-electron chi connectivity index (χ4n) is 3.44. The van der Waals surface area contributed by atoms with E-state index in [0.717, 1.165) is 37.4 Å². The highest BCUT2D eigenvalue weighted by molar-refractivity contribution is 5.49. The van der Waals surface area contributed by atoms with Gasteiger partial charge in [-0.25, -0.2) is 0 Å². The lowest BCUT2D eigenvalue weighted by molar-refractivity contribution is 0.200. The highest BCUT2D eigenvalue weighted by Crippen LogP contribution is 2.37. The number of hydrogen-bond donors (Lipinski definition) is 1. The van der Waals surface area contributed by atoms with Crippen LogP contribution in [0, 0.1) is 0 Å². The van der Waals surface area contributed by atoms with E-state index < -0.39 is 0 Å². The first-order valence-electron chi connectivity index (χ1n) is 8.39. The molecule has 0 saturated carbocycles. The fraction of sp³-hybridized carbons (Fsp3) is 0.400. The number of ether oxygens (including phenoxy) is 2. The van der Waals surface area contributed by atoms with Crippen LogP contribution in [-0.2, 0) is 12.8 Å². The molecule has 4 heteroatoms. The fourth-order valence-corrected chi connectivity index (χ4v) is 3.44. The van der Waals surface area contributed by atoms with E-state index in [4.69, 9.17) is 9.47 Å². The quantitative estimate of drug-likeness (QED) is 0.911. The molecule has 128 valence electrons. The molecule has 1 aliphatic rings. The highest BCUT2D eigenvalue weighted by Gasteiger charge is 2.25. The largest absolute Gasteiger partial charge is 0.508 e. The van der Waals surface area contributed by atoms with Crippen LogP contribution in [0.4, 0.5) is 0 Å². The summed E-state index contributed by atoms with van der Waals surface area (Å²) in [5.74, 6) is 1.92. The molecule has 0 radical (unpaired) electrons. The molecule has 0 bridgehead atoms. The van der Waals surface area contributed by atoms with E-state index in [1.165, 1.54) is 16.7 Å². The molecule has 1 N–H and O–H groups in total. The molecule has 2 aromatic rings. The summed E-state index contributed by atoms with van der Waals surface area (Å²) in [5, 5.41) is 9.38. The third-order valence-electron chi connectivity index (χ3n) is 4.94. The molecular formula is C20H25NO3. The molecule has 1 heterocycles. The number of hydrogen-bond acceptors (Lipinski definition) is 4. The molecule has 0 saturated heterocycles. The average Bonchev–Trinajstić information content (AvgIpc) is 2.61. The van der Waals surface area contributed by atoms with Crippen molar-refractivity contribution < 1.29 is 14.6 Å². The Morgan fingerprint density at radius 3 is 2.42 bits per heavy atom. The van der Waals surface area contributed by atoms with Crippen LogP contribution < -0.4 is 9.47 Å². The summed E-state index contributed by atoms with van der Waals surface area (Å²) in [6.45, 7) is 4.29. The predicted molar refractivity (Wildman–Crippen MR) is 95.0 cm³/mol. The van der Waals surface area contributed by atoms with E-state index in [-0.39, 0.29) is 0 Å². The number of aromatic hydroxyl groups is 1. The molecule has 0 amide bonds. The SMILES string of the molecule is COc1cc2c(cc1OC)C(C)N(CCc1ccc(O)cc1)CC2. The lowest BCUT2D eigenvalue weighted by Gasteiger charge is -2.35. The molecule has 1 unspecified atom stereocenters. The summed E-state index contributed by atoms with van der Waals surface area (Å²) in [6.07, 6.45) is 2.00. The first-order valence-corrected chi connectivity index (χ1v) is 8.39. The van der Waals surface area contributed by atoms with Crippen molar-refractivity contribution in [2.24, 2.45) is 0 Å². The normalized spacial score (nSPS) is 17.4. The van der Waals surface area contributed by atoms with Crippen molar-refractivity contribution >= 4 is 0 Å². The van der Waals surface area contributed by atoms with Gasteiger partial charge in [-0.15, -0.1) is 0 Å². The van der Waals surface area contributed by atoms with Crippen LogP contribution in [0.25, 0.3) is 0 Å². The van der Waals surface area contributed by atoms with E-state index in [9.17, 15) is 5.11 Å². The second kappa shape index (κ2) is 7.14. The summed E-state index contributed by atoms with van der Waals surface area (Å²) >= 11 is 0. The van der Waals surface area contributed by atoms with Gasteiger partial charge in [-0.1, -0.05) is 12.1 Å². The second-order valence-electron chi connectivity index (χ2n) is 6.28. The summed E-state index contributed by atoms with van der Waals surface area (Å²) in [5.41, 5.74) is 3.92. The smallest absolute Gasteiger partial charge is 0.161 e. The number of benzene rings is 2. The van der Waals surface area contributed by atoms with Gasteiger partial charge in [0, 0.05) is 19.1 Å². The van der Waals surface area contributed by atoms with Gasteiger partial charge in [0.1, 0.15) is 5.75 Å². The first-order chi connectivity index (χ1) is 11.6. The van der Waals surface area contributed by atoms with Crippen molar-refractivity contribution in [3.05, 3.63) is 53.1 Å². The van der Waals surface area contributed by atoms with E-state index in [1.807, 2.05) is 12.1 Å². The van der Waals surface area contributed by atoms with Gasteiger partial charge >= 0.3 is 0 Å². The number of phenols is 1. The minimum Gasteiger partial charge on any atom is -0.508 e. The number of phenolic OH excluding ortho intramolecular Hbond substituents is 1. The van der Waals surface area contributed by atoms with Crippen LogP contribution in [-0.4, -0.2) is 37.3 Å². The average molecular weight is 327 g/mol. The van der Waals surface area contributed by atoms with Crippen molar-refractivity contribution in [1.82, 2.24) is 4.90 Å². The van der Waals surface area contributed by atoms with E-state index in [2.05, 4.69) is 24.0 Å². The van der Waals surface area contributed by atoms with Gasteiger partial charge in [0.05, 0.1) is 14.2 Å². The topological polar surface area (TPSA) is 41.9 Å². The van der Waals surface area contributed by atoms with Gasteiger partial charge in [-0.2, -0.15) is 0 Å². The number of rotatable bonds is 5. The Kier molecular flexibility index (Phi) is 4.95. The monoisotopic (exact) mass is 327 g/mol. The Morgan fingerprint density at radius 1 is 1.08 bits per heavy atom. The van der Waals surface area contributed by atoms with Gasteiger partial charge in [-0.05, 0) is 60.7 Å². The maximum atomic E-state index is 9.38. The molecule has 0 aliphatic carbocycles. The third kappa shape index (κ3) is 3.34. The summed E-state index contributed by atoms with van der Waals surface area (Å²) in [4.78, 5) is 2.50. The zero-order chi connectivity index (χ0) is 17.1. The minimum absolute atomic E-state index is 0.320. The number of fused-ring (bicyclic) bond motifs is 1. The van der Waals surface area contributed by atoms with Gasteiger partial charge in [0.15, 0.2) is 11.5 Å². The van der Waals surface area contributed by atoms with Gasteiger partial charge in [0.25, 0.3) is 0 Å². The Labute approximate surface area is 143 Å². The van der Waals surface area contributed by atoms with Gasteiger partial charge < -0.3 is 14.6 Å². The van der Waals surface area contributed by atoms with Crippen molar-refractivity contribution in [2.45, 2.75) is 25.8 Å². The Balaban J connectivity index is 1.74. The standard InChI is InChI=1S/C20H25NO3/c1-14-18-13-20(24-3)19(23-2)12-16(18)9-11-21(14)10-8-15-4-6-17(22)7-5-15/h4-7,12-14,22H,8-11H2,1-3H3. The van der Waals surface area contributed by atoms with Gasteiger partial charge in [-0.3, -0.25) is 4.90 Å². The summed E-state index contributed by atoms with van der Waals surface area (Å²) < 4.78 is 10.9. The predicted octanol–water partition coefficient (Wildman–Crippen LogP) is 3.57. The maximum absolute atomic E-state index is 9.38. The number of nitrogens with zero attached hydrogens (tertiary/aromatic N) is 1. The zero-order valence-corrected chi connectivity index (χ0v) is 14.6. The van der Waals surface area contributed by atoms with Crippen LogP contribution in [0.3, 0.4) is 0 Å². The summed E-state index contributed by atoms with van der Waals surface area (Å²) in [6, 6.07) is 12.1. The lowest BCUT2D eigenvalue weighted by atomic mass is 9.92. The van der Waals surface area contributed by atoms with Crippen LogP contribution in [0.5, 0.6) is 17.2 Å². The Hall–Kier alpha value is -2.20. The molecule has 1 aliphatic heterocycles. The Bertz CT molecular complexity index is 697. The van der Waals surface area contributed by atoms with Crippen molar-refractivity contribution in [1.29, 1.82) is 0 Å². The molecular weight excluding hydrogens is 302 g/mol. The molecule has 0 spiro atoms. The lowest BCUT2D eigenvalue weighted by Crippen LogP contribution is -2.35.